The van der Waals surface area contributed by atoms with Gasteiger partial charge in [0.05, 0.1) is 6.04 Å². The van der Waals surface area contributed by atoms with Crippen LogP contribution in [0.2, 0.25) is 0 Å². The van der Waals surface area contributed by atoms with Gasteiger partial charge in [-0.15, -0.1) is 10.2 Å². The minimum Gasteiger partial charge on any atom is -0.342 e. The van der Waals surface area contributed by atoms with Gasteiger partial charge < -0.3 is 5.32 Å². The van der Waals surface area contributed by atoms with E-state index in [0.717, 1.165) is 12.8 Å². The molecule has 6 heteroatoms. The molecule has 1 heterocycles. The number of carbonyl (C=O) groups excluding carboxylic acids is 1. The van der Waals surface area contributed by atoms with E-state index in [-0.39, 0.29) is 17.8 Å². The molecule has 0 bridgehead atoms. The number of carbonyl (C=O) groups is 1. The van der Waals surface area contributed by atoms with Crippen molar-refractivity contribution < 1.29 is 4.79 Å². The maximum Gasteiger partial charge on any atom is 0.293 e. The van der Waals surface area contributed by atoms with E-state index in [1.165, 1.54) is 11.1 Å². The second-order valence-electron chi connectivity index (χ2n) is 4.00. The number of nitrogens with zero attached hydrogens (tertiary/aromatic N) is 3. The Morgan fingerprint density at radius 2 is 2.29 bits per heavy atom. The van der Waals surface area contributed by atoms with Crippen molar-refractivity contribution in [2.45, 2.75) is 18.9 Å². The number of rotatable bonds is 2. The number of tetrazole rings is 1. The van der Waals surface area contributed by atoms with Gasteiger partial charge in [0.2, 0.25) is 0 Å². The third kappa shape index (κ3) is 1.77. The molecule has 1 aromatic heterocycles. The number of fused-ring (bicyclic) bond motifs is 1. The number of aromatic nitrogens is 4. The van der Waals surface area contributed by atoms with Gasteiger partial charge in [0, 0.05) is 0 Å². The minimum absolute atomic E-state index is 0.0530. The van der Waals surface area contributed by atoms with Crippen LogP contribution in [0.25, 0.3) is 0 Å². The number of aryl methyl sites for hydroxylation is 1. The third-order valence-electron chi connectivity index (χ3n) is 2.99. The van der Waals surface area contributed by atoms with Crippen LogP contribution >= 0.6 is 0 Å². The van der Waals surface area contributed by atoms with Crippen LogP contribution in [0.3, 0.4) is 0 Å². The van der Waals surface area contributed by atoms with Gasteiger partial charge >= 0.3 is 0 Å². The molecule has 0 spiro atoms. The molecule has 0 aliphatic heterocycles. The number of amides is 1. The van der Waals surface area contributed by atoms with E-state index in [1.807, 2.05) is 18.2 Å². The van der Waals surface area contributed by atoms with Crippen LogP contribution < -0.4 is 5.32 Å². The van der Waals surface area contributed by atoms with E-state index in [9.17, 15) is 4.79 Å². The molecule has 0 saturated heterocycles. The highest BCUT2D eigenvalue weighted by Crippen LogP contribution is 2.30. The number of benzene rings is 1. The molecular weight excluding hydrogens is 218 g/mol. The monoisotopic (exact) mass is 229 g/mol. The molecule has 1 aliphatic rings. The van der Waals surface area contributed by atoms with Crippen molar-refractivity contribution in [2.75, 3.05) is 0 Å². The SMILES string of the molecule is O=C(NC1CCc2ccccc21)c1nn[nH]n1. The topological polar surface area (TPSA) is 83.6 Å². The molecule has 1 amide bonds. The molecule has 86 valence electrons. The Morgan fingerprint density at radius 3 is 3.12 bits per heavy atom. The average molecular weight is 229 g/mol. The lowest BCUT2D eigenvalue weighted by Crippen LogP contribution is -2.28. The lowest BCUT2D eigenvalue weighted by Gasteiger charge is -2.12. The van der Waals surface area contributed by atoms with Crippen molar-refractivity contribution in [2.24, 2.45) is 0 Å². The van der Waals surface area contributed by atoms with Crippen LogP contribution in [0.15, 0.2) is 24.3 Å². The van der Waals surface area contributed by atoms with Gasteiger partial charge in [0.1, 0.15) is 0 Å². The Balaban J connectivity index is 1.78. The van der Waals surface area contributed by atoms with Crippen molar-refractivity contribution in [3.05, 3.63) is 41.2 Å². The standard InChI is InChI=1S/C11H11N5O/c17-11(10-13-15-16-14-10)12-9-6-5-7-3-1-2-4-8(7)9/h1-4,9H,5-6H2,(H,12,17)(H,13,14,15,16). The maximum absolute atomic E-state index is 11.8. The summed E-state index contributed by atoms with van der Waals surface area (Å²) in [7, 11) is 0. The minimum atomic E-state index is -0.291. The maximum atomic E-state index is 11.8. The van der Waals surface area contributed by atoms with Gasteiger partial charge in [-0.05, 0) is 29.2 Å². The summed E-state index contributed by atoms with van der Waals surface area (Å²) in [5.74, 6) is -0.213. The largest absolute Gasteiger partial charge is 0.342 e. The number of nitrogens with one attached hydrogen (secondary N) is 2. The summed E-state index contributed by atoms with van der Waals surface area (Å²) in [5, 5.41) is 15.9. The molecule has 1 aliphatic carbocycles. The molecular formula is C11H11N5O. The summed E-state index contributed by atoms with van der Waals surface area (Å²) in [6.07, 6.45) is 1.91. The van der Waals surface area contributed by atoms with E-state index in [1.54, 1.807) is 0 Å². The van der Waals surface area contributed by atoms with Crippen molar-refractivity contribution in [3.8, 4) is 0 Å². The fourth-order valence-corrected chi connectivity index (χ4v) is 2.19. The van der Waals surface area contributed by atoms with Crippen LogP contribution in [-0.2, 0) is 6.42 Å². The van der Waals surface area contributed by atoms with Gasteiger partial charge in [0.15, 0.2) is 0 Å². The molecule has 2 aromatic rings. The van der Waals surface area contributed by atoms with Crippen molar-refractivity contribution in [1.82, 2.24) is 25.9 Å². The molecule has 6 nitrogen and oxygen atoms in total. The predicted molar refractivity (Wildman–Crippen MR) is 59.1 cm³/mol. The lowest BCUT2D eigenvalue weighted by atomic mass is 10.1. The highest BCUT2D eigenvalue weighted by molar-refractivity contribution is 5.90. The number of H-pyrrole nitrogens is 1. The Labute approximate surface area is 97.4 Å². The molecule has 1 aromatic carbocycles. The first-order valence-corrected chi connectivity index (χ1v) is 5.47. The fourth-order valence-electron chi connectivity index (χ4n) is 2.19. The van der Waals surface area contributed by atoms with E-state index in [4.69, 9.17) is 0 Å². The van der Waals surface area contributed by atoms with Crippen LogP contribution in [0.5, 0.6) is 0 Å². The Morgan fingerprint density at radius 1 is 1.41 bits per heavy atom. The quantitative estimate of drug-likeness (QED) is 0.790. The average Bonchev–Trinajstić information content (AvgIpc) is 2.98. The molecule has 0 saturated carbocycles. The Hall–Kier alpha value is -2.24. The van der Waals surface area contributed by atoms with E-state index in [2.05, 4.69) is 32.0 Å². The first-order chi connectivity index (χ1) is 8.34. The molecule has 0 fully saturated rings. The summed E-state index contributed by atoms with van der Waals surface area (Å²) >= 11 is 0. The van der Waals surface area contributed by atoms with E-state index >= 15 is 0 Å². The smallest absolute Gasteiger partial charge is 0.293 e. The second kappa shape index (κ2) is 3.97. The molecule has 3 rings (SSSR count). The van der Waals surface area contributed by atoms with E-state index in [0.29, 0.717) is 0 Å². The first kappa shape index (κ1) is 9.95. The highest BCUT2D eigenvalue weighted by atomic mass is 16.2. The van der Waals surface area contributed by atoms with E-state index < -0.39 is 0 Å². The molecule has 2 N–H and O–H groups in total. The zero-order valence-corrected chi connectivity index (χ0v) is 9.05. The Bertz CT molecular complexity index is 537. The van der Waals surface area contributed by atoms with Gasteiger partial charge in [-0.2, -0.15) is 5.21 Å². The predicted octanol–water partition coefficient (Wildman–Crippen LogP) is 0.617. The number of hydrogen-bond acceptors (Lipinski definition) is 4. The molecule has 1 atom stereocenters. The zero-order valence-electron chi connectivity index (χ0n) is 9.05. The number of aromatic amines is 1. The fraction of sp³-hybridized carbons (Fsp3) is 0.273. The number of hydrogen-bond donors (Lipinski definition) is 2. The van der Waals surface area contributed by atoms with Crippen LogP contribution in [0, 0.1) is 0 Å². The van der Waals surface area contributed by atoms with Crippen LogP contribution in [-0.4, -0.2) is 26.5 Å². The summed E-state index contributed by atoms with van der Waals surface area (Å²) in [6.45, 7) is 0. The Kier molecular flexibility index (Phi) is 2.32. The zero-order chi connectivity index (χ0) is 11.7. The van der Waals surface area contributed by atoms with Crippen molar-refractivity contribution in [1.29, 1.82) is 0 Å². The lowest BCUT2D eigenvalue weighted by molar-refractivity contribution is 0.0926. The molecule has 1 unspecified atom stereocenters. The van der Waals surface area contributed by atoms with Crippen LogP contribution in [0.4, 0.5) is 0 Å². The summed E-state index contributed by atoms with van der Waals surface area (Å²) in [6, 6.07) is 8.19. The summed E-state index contributed by atoms with van der Waals surface area (Å²) < 4.78 is 0. The first-order valence-electron chi connectivity index (χ1n) is 5.47. The van der Waals surface area contributed by atoms with Crippen molar-refractivity contribution >= 4 is 5.91 Å². The van der Waals surface area contributed by atoms with Gasteiger partial charge in [-0.3, -0.25) is 4.79 Å². The highest BCUT2D eigenvalue weighted by Gasteiger charge is 2.24. The van der Waals surface area contributed by atoms with Crippen LogP contribution in [0.1, 0.15) is 34.2 Å². The van der Waals surface area contributed by atoms with Gasteiger partial charge in [0.25, 0.3) is 11.7 Å². The van der Waals surface area contributed by atoms with Gasteiger partial charge in [-0.25, -0.2) is 0 Å². The molecule has 0 radical (unpaired) electrons. The summed E-state index contributed by atoms with van der Waals surface area (Å²) in [5.41, 5.74) is 2.48. The normalized spacial score (nSPS) is 17.8. The van der Waals surface area contributed by atoms with Crippen molar-refractivity contribution in [3.63, 3.8) is 0 Å². The third-order valence-corrected chi connectivity index (χ3v) is 2.99. The molecule has 17 heavy (non-hydrogen) atoms. The van der Waals surface area contributed by atoms with Gasteiger partial charge in [-0.1, -0.05) is 24.3 Å². The second-order valence-corrected chi connectivity index (χ2v) is 4.00. The summed E-state index contributed by atoms with van der Waals surface area (Å²) in [4.78, 5) is 11.8.